The maximum Gasteiger partial charge on any atom is 0.145 e. The summed E-state index contributed by atoms with van der Waals surface area (Å²) in [5, 5.41) is 9.33. The molecule has 1 aliphatic heterocycles. The highest BCUT2D eigenvalue weighted by Gasteiger charge is 2.19. The SMILES string of the molecule is N#Cc1ccccc1-c1nccn1-c1cccc2c1CCO2. The molecule has 22 heavy (non-hydrogen) atoms. The average Bonchev–Trinajstić information content (AvgIpc) is 3.23. The van der Waals surface area contributed by atoms with Gasteiger partial charge in [0.1, 0.15) is 11.6 Å². The molecule has 0 unspecified atom stereocenters. The van der Waals surface area contributed by atoms with Gasteiger partial charge in [0.25, 0.3) is 0 Å². The summed E-state index contributed by atoms with van der Waals surface area (Å²) in [4.78, 5) is 4.47. The summed E-state index contributed by atoms with van der Waals surface area (Å²) < 4.78 is 7.67. The van der Waals surface area contributed by atoms with Gasteiger partial charge in [-0.1, -0.05) is 18.2 Å². The van der Waals surface area contributed by atoms with Crippen molar-refractivity contribution in [3.63, 3.8) is 0 Å². The fraction of sp³-hybridized carbons (Fsp3) is 0.111. The number of ether oxygens (including phenoxy) is 1. The van der Waals surface area contributed by atoms with Crippen molar-refractivity contribution in [1.29, 1.82) is 5.26 Å². The molecule has 1 aromatic heterocycles. The van der Waals surface area contributed by atoms with Crippen molar-refractivity contribution in [1.82, 2.24) is 9.55 Å². The van der Waals surface area contributed by atoms with E-state index < -0.39 is 0 Å². The van der Waals surface area contributed by atoms with Gasteiger partial charge in [-0.25, -0.2) is 4.98 Å². The summed E-state index contributed by atoms with van der Waals surface area (Å²) in [5.41, 5.74) is 3.72. The van der Waals surface area contributed by atoms with E-state index in [1.807, 2.05) is 47.2 Å². The van der Waals surface area contributed by atoms with Crippen LogP contribution in [0.3, 0.4) is 0 Å². The molecule has 0 N–H and O–H groups in total. The molecule has 2 aromatic carbocycles. The highest BCUT2D eigenvalue weighted by atomic mass is 16.5. The fourth-order valence-electron chi connectivity index (χ4n) is 2.90. The average molecular weight is 287 g/mol. The Kier molecular flexibility index (Phi) is 2.90. The number of aromatic nitrogens is 2. The normalized spacial score (nSPS) is 12.5. The quantitative estimate of drug-likeness (QED) is 0.726. The van der Waals surface area contributed by atoms with Crippen LogP contribution in [0, 0.1) is 11.3 Å². The predicted molar refractivity (Wildman–Crippen MR) is 82.9 cm³/mol. The van der Waals surface area contributed by atoms with Crippen LogP contribution in [0.5, 0.6) is 5.75 Å². The van der Waals surface area contributed by atoms with Crippen molar-refractivity contribution in [3.8, 4) is 28.9 Å². The molecule has 0 fully saturated rings. The van der Waals surface area contributed by atoms with Crippen molar-refractivity contribution in [2.45, 2.75) is 6.42 Å². The molecular weight excluding hydrogens is 274 g/mol. The van der Waals surface area contributed by atoms with E-state index in [-0.39, 0.29) is 0 Å². The van der Waals surface area contributed by atoms with Crippen molar-refractivity contribution >= 4 is 0 Å². The Morgan fingerprint density at radius 2 is 2.05 bits per heavy atom. The van der Waals surface area contributed by atoms with Gasteiger partial charge in [0.15, 0.2) is 0 Å². The Labute approximate surface area is 128 Å². The standard InChI is InChI=1S/C18H13N3O/c19-12-13-4-1-2-5-14(13)18-20-9-10-21(18)16-6-3-7-17-15(16)8-11-22-17/h1-7,9-10H,8,11H2. The second-order valence-corrected chi connectivity index (χ2v) is 5.13. The Bertz CT molecular complexity index is 889. The Morgan fingerprint density at radius 1 is 1.14 bits per heavy atom. The van der Waals surface area contributed by atoms with Gasteiger partial charge in [-0.15, -0.1) is 0 Å². The van der Waals surface area contributed by atoms with Crippen molar-refractivity contribution < 1.29 is 4.74 Å². The topological polar surface area (TPSA) is 50.8 Å². The maximum atomic E-state index is 9.33. The van der Waals surface area contributed by atoms with Crippen LogP contribution < -0.4 is 4.74 Å². The van der Waals surface area contributed by atoms with Gasteiger partial charge >= 0.3 is 0 Å². The number of nitrogens with zero attached hydrogens (tertiary/aromatic N) is 3. The van der Waals surface area contributed by atoms with Gasteiger partial charge in [0.05, 0.1) is 23.9 Å². The molecule has 2 heterocycles. The van der Waals surface area contributed by atoms with E-state index in [1.54, 1.807) is 6.20 Å². The van der Waals surface area contributed by atoms with Gasteiger partial charge in [0.2, 0.25) is 0 Å². The van der Waals surface area contributed by atoms with Crippen LogP contribution in [-0.4, -0.2) is 16.2 Å². The molecule has 0 aliphatic carbocycles. The molecule has 0 saturated carbocycles. The first-order valence-electron chi connectivity index (χ1n) is 7.16. The fourth-order valence-corrected chi connectivity index (χ4v) is 2.90. The Morgan fingerprint density at radius 3 is 2.95 bits per heavy atom. The summed E-state index contributed by atoms with van der Waals surface area (Å²) in [6.07, 6.45) is 4.58. The molecule has 0 saturated heterocycles. The number of hydrogen-bond acceptors (Lipinski definition) is 3. The summed E-state index contributed by atoms with van der Waals surface area (Å²) in [6.45, 7) is 0.713. The molecular formula is C18H13N3O. The third-order valence-electron chi connectivity index (χ3n) is 3.91. The first-order chi connectivity index (χ1) is 10.9. The van der Waals surface area contributed by atoms with Gasteiger partial charge in [-0.3, -0.25) is 4.57 Å². The van der Waals surface area contributed by atoms with Crippen LogP contribution in [0.25, 0.3) is 17.1 Å². The zero-order valence-electron chi connectivity index (χ0n) is 11.9. The molecule has 0 bridgehead atoms. The lowest BCUT2D eigenvalue weighted by molar-refractivity contribution is 0.357. The zero-order chi connectivity index (χ0) is 14.9. The van der Waals surface area contributed by atoms with Crippen LogP contribution in [-0.2, 0) is 6.42 Å². The summed E-state index contributed by atoms with van der Waals surface area (Å²) in [7, 11) is 0. The maximum absolute atomic E-state index is 9.33. The molecule has 106 valence electrons. The van der Waals surface area contributed by atoms with E-state index >= 15 is 0 Å². The Hall–Kier alpha value is -3.06. The molecule has 4 nitrogen and oxygen atoms in total. The molecule has 3 aromatic rings. The number of fused-ring (bicyclic) bond motifs is 1. The number of benzene rings is 2. The first kappa shape index (κ1) is 12.7. The predicted octanol–water partition coefficient (Wildman–Crippen LogP) is 3.35. The lowest BCUT2D eigenvalue weighted by atomic mass is 10.1. The van der Waals surface area contributed by atoms with Gasteiger partial charge in [0, 0.05) is 29.9 Å². The number of imidazole rings is 1. The van der Waals surface area contributed by atoms with Crippen molar-refractivity contribution in [2.75, 3.05) is 6.61 Å². The second kappa shape index (κ2) is 5.05. The van der Waals surface area contributed by atoms with Crippen molar-refractivity contribution in [2.24, 2.45) is 0 Å². The highest BCUT2D eigenvalue weighted by molar-refractivity contribution is 5.67. The van der Waals surface area contributed by atoms with E-state index in [1.165, 1.54) is 5.56 Å². The summed E-state index contributed by atoms with van der Waals surface area (Å²) in [6, 6.07) is 15.8. The third-order valence-corrected chi connectivity index (χ3v) is 3.91. The minimum absolute atomic E-state index is 0.624. The number of rotatable bonds is 2. The first-order valence-corrected chi connectivity index (χ1v) is 7.16. The summed E-state index contributed by atoms with van der Waals surface area (Å²) in [5.74, 6) is 1.71. The van der Waals surface area contributed by atoms with Crippen molar-refractivity contribution in [3.05, 3.63) is 66.0 Å². The summed E-state index contributed by atoms with van der Waals surface area (Å²) >= 11 is 0. The van der Waals surface area contributed by atoms with Crippen LogP contribution in [0.2, 0.25) is 0 Å². The van der Waals surface area contributed by atoms with Gasteiger partial charge in [-0.2, -0.15) is 5.26 Å². The second-order valence-electron chi connectivity index (χ2n) is 5.13. The highest BCUT2D eigenvalue weighted by Crippen LogP contribution is 2.33. The monoisotopic (exact) mass is 287 g/mol. The molecule has 4 heteroatoms. The minimum Gasteiger partial charge on any atom is -0.493 e. The molecule has 0 radical (unpaired) electrons. The molecule has 1 aliphatic rings. The van der Waals surface area contributed by atoms with E-state index in [0.717, 1.165) is 29.2 Å². The molecule has 0 spiro atoms. The Balaban J connectivity index is 1.92. The van der Waals surface area contributed by atoms with Crippen LogP contribution in [0.4, 0.5) is 0 Å². The van der Waals surface area contributed by atoms with E-state index in [4.69, 9.17) is 4.74 Å². The van der Waals surface area contributed by atoms with Crippen LogP contribution in [0.15, 0.2) is 54.9 Å². The van der Waals surface area contributed by atoms with Crippen LogP contribution >= 0.6 is 0 Å². The van der Waals surface area contributed by atoms with Gasteiger partial charge in [-0.05, 0) is 24.3 Å². The number of nitriles is 1. The van der Waals surface area contributed by atoms with E-state index in [9.17, 15) is 5.26 Å². The van der Waals surface area contributed by atoms with E-state index in [0.29, 0.717) is 12.2 Å². The zero-order valence-corrected chi connectivity index (χ0v) is 11.9. The largest absolute Gasteiger partial charge is 0.493 e. The van der Waals surface area contributed by atoms with Gasteiger partial charge < -0.3 is 4.74 Å². The third kappa shape index (κ3) is 1.87. The molecule has 0 amide bonds. The minimum atomic E-state index is 0.624. The smallest absolute Gasteiger partial charge is 0.145 e. The lowest BCUT2D eigenvalue weighted by Crippen LogP contribution is -2.00. The number of hydrogen-bond donors (Lipinski definition) is 0. The molecule has 0 atom stereocenters. The lowest BCUT2D eigenvalue weighted by Gasteiger charge is -2.12. The van der Waals surface area contributed by atoms with Crippen LogP contribution in [0.1, 0.15) is 11.1 Å². The molecule has 4 rings (SSSR count). The van der Waals surface area contributed by atoms with E-state index in [2.05, 4.69) is 17.1 Å².